The Morgan fingerprint density at radius 1 is 1.16 bits per heavy atom. The monoisotopic (exact) mass is 538 g/mol. The fourth-order valence-corrected chi connectivity index (χ4v) is 5.98. The van der Waals surface area contributed by atoms with E-state index in [9.17, 15) is 14.0 Å². The van der Waals surface area contributed by atoms with E-state index in [2.05, 4.69) is 0 Å². The second kappa shape index (κ2) is 12.0. The number of methoxy groups -OCH3 is 1. The van der Waals surface area contributed by atoms with Crippen molar-refractivity contribution in [3.8, 4) is 11.5 Å². The quantitative estimate of drug-likeness (QED) is 0.394. The summed E-state index contributed by atoms with van der Waals surface area (Å²) >= 11 is 1.68. The molecule has 0 aliphatic carbocycles. The van der Waals surface area contributed by atoms with Crippen LogP contribution >= 0.6 is 11.3 Å². The molecule has 38 heavy (non-hydrogen) atoms. The molecule has 2 atom stereocenters. The fourth-order valence-electron chi connectivity index (χ4n) is 5.05. The van der Waals surface area contributed by atoms with Gasteiger partial charge < -0.3 is 24.0 Å². The molecule has 5 rings (SSSR count). The summed E-state index contributed by atoms with van der Waals surface area (Å²) in [5.74, 6) is 0.293. The zero-order valence-corrected chi connectivity index (χ0v) is 22.1. The lowest BCUT2D eigenvalue weighted by Crippen LogP contribution is -2.49. The molecule has 1 aromatic heterocycles. The molecule has 2 aliphatic rings. The number of hydrogen-bond donors (Lipinski definition) is 0. The highest BCUT2D eigenvalue weighted by atomic mass is 32.1. The van der Waals surface area contributed by atoms with E-state index in [4.69, 9.17) is 14.2 Å². The van der Waals surface area contributed by atoms with Crippen molar-refractivity contribution in [1.82, 2.24) is 9.80 Å². The normalized spacial score (nSPS) is 18.6. The molecule has 3 aromatic rings. The number of nitrogens with zero attached hydrogens (tertiary/aromatic N) is 2. The average molecular weight is 539 g/mol. The predicted octanol–water partition coefficient (Wildman–Crippen LogP) is 4.72. The van der Waals surface area contributed by atoms with Crippen LogP contribution in [0, 0.1) is 5.82 Å². The third-order valence-corrected chi connectivity index (χ3v) is 7.99. The highest BCUT2D eigenvalue weighted by molar-refractivity contribution is 7.10. The summed E-state index contributed by atoms with van der Waals surface area (Å²) in [7, 11) is 1.60. The van der Waals surface area contributed by atoms with E-state index in [-0.39, 0.29) is 49.2 Å². The molecule has 0 radical (unpaired) electrons. The van der Waals surface area contributed by atoms with Crippen molar-refractivity contribution in [2.75, 3.05) is 40.0 Å². The van der Waals surface area contributed by atoms with Crippen LogP contribution in [0.3, 0.4) is 0 Å². The van der Waals surface area contributed by atoms with Gasteiger partial charge >= 0.3 is 0 Å². The summed E-state index contributed by atoms with van der Waals surface area (Å²) < 4.78 is 31.1. The molecule has 3 heterocycles. The lowest BCUT2D eigenvalue weighted by atomic mass is 10.00. The number of ether oxygens (including phenoxy) is 3. The Kier molecular flexibility index (Phi) is 8.24. The van der Waals surface area contributed by atoms with Gasteiger partial charge in [0.05, 0.1) is 19.3 Å². The van der Waals surface area contributed by atoms with E-state index in [0.717, 1.165) is 24.8 Å². The molecular weight excluding hydrogens is 507 g/mol. The first kappa shape index (κ1) is 26.2. The van der Waals surface area contributed by atoms with E-state index in [0.29, 0.717) is 24.7 Å². The van der Waals surface area contributed by atoms with Gasteiger partial charge in [-0.3, -0.25) is 9.59 Å². The number of fused-ring (bicyclic) bond motifs is 1. The Labute approximate surface area is 225 Å². The number of amides is 2. The van der Waals surface area contributed by atoms with Crippen LogP contribution in [-0.4, -0.2) is 67.7 Å². The van der Waals surface area contributed by atoms with Gasteiger partial charge in [-0.1, -0.05) is 12.1 Å². The minimum atomic E-state index is -0.491. The maximum Gasteiger partial charge on any atom is 0.254 e. The summed E-state index contributed by atoms with van der Waals surface area (Å²) in [4.78, 5) is 31.7. The zero-order valence-electron chi connectivity index (χ0n) is 21.3. The molecule has 0 N–H and O–H groups in total. The fraction of sp³-hybridized carbons (Fsp3) is 0.379. The molecule has 2 aliphatic heterocycles. The van der Waals surface area contributed by atoms with Gasteiger partial charge in [-0.05, 0) is 66.6 Å². The van der Waals surface area contributed by atoms with Gasteiger partial charge in [-0.25, -0.2) is 4.39 Å². The number of benzene rings is 2. The summed E-state index contributed by atoms with van der Waals surface area (Å²) in [5.41, 5.74) is 1.28. The van der Waals surface area contributed by atoms with Crippen molar-refractivity contribution in [3.63, 3.8) is 0 Å². The molecule has 1 saturated heterocycles. The molecule has 7 nitrogen and oxygen atoms in total. The van der Waals surface area contributed by atoms with Gasteiger partial charge in [-0.15, -0.1) is 11.3 Å². The Morgan fingerprint density at radius 3 is 2.79 bits per heavy atom. The van der Waals surface area contributed by atoms with Crippen LogP contribution in [-0.2, 0) is 16.0 Å². The first-order valence-electron chi connectivity index (χ1n) is 12.8. The Balaban J connectivity index is 1.35. The molecule has 0 saturated carbocycles. The smallest absolute Gasteiger partial charge is 0.254 e. The summed E-state index contributed by atoms with van der Waals surface area (Å²) in [5, 5.41) is 2.04. The van der Waals surface area contributed by atoms with Crippen LogP contribution in [0.15, 0.2) is 60.0 Å². The summed E-state index contributed by atoms with van der Waals surface area (Å²) in [6.07, 6.45) is 2.34. The van der Waals surface area contributed by atoms with E-state index in [1.165, 1.54) is 28.0 Å². The minimum absolute atomic E-state index is 0.121. The second-order valence-corrected chi connectivity index (χ2v) is 10.5. The van der Waals surface area contributed by atoms with Crippen LogP contribution in [0.5, 0.6) is 11.5 Å². The standard InChI is InChI=1S/C29H31FN2O5S/c1-35-22-7-3-8-23(16-22)37-19-26-25-11-14-38-27(25)10-12-32(26)28(33)18-31(17-24-9-4-13-36-24)29(34)20-5-2-6-21(30)15-20/h2-3,5-8,11,14-16,24,26H,4,9-10,12-13,17-19H2,1H3/t24-,26+/m0/s1. The summed E-state index contributed by atoms with van der Waals surface area (Å²) in [6, 6.07) is 14.7. The number of thiophene rings is 1. The van der Waals surface area contributed by atoms with E-state index in [1.807, 2.05) is 35.7 Å². The van der Waals surface area contributed by atoms with Crippen molar-refractivity contribution in [2.45, 2.75) is 31.4 Å². The SMILES string of the molecule is COc1cccc(OC[C@@H]2c3ccsc3CCN2C(=O)CN(C[C@@H]2CCCO2)C(=O)c2cccc(F)c2)c1. The third kappa shape index (κ3) is 6.00. The largest absolute Gasteiger partial charge is 0.497 e. The Hall–Kier alpha value is -3.43. The maximum atomic E-state index is 13.9. The van der Waals surface area contributed by atoms with Crippen LogP contribution < -0.4 is 9.47 Å². The Bertz CT molecular complexity index is 1280. The highest BCUT2D eigenvalue weighted by Gasteiger charge is 2.34. The van der Waals surface area contributed by atoms with Gasteiger partial charge in [0.2, 0.25) is 5.91 Å². The minimum Gasteiger partial charge on any atom is -0.497 e. The molecule has 0 bridgehead atoms. The number of hydrogen-bond acceptors (Lipinski definition) is 6. The molecule has 9 heteroatoms. The van der Waals surface area contributed by atoms with Crippen molar-refractivity contribution < 1.29 is 28.2 Å². The number of halogens is 1. The first-order valence-corrected chi connectivity index (χ1v) is 13.7. The lowest BCUT2D eigenvalue weighted by molar-refractivity contribution is -0.135. The Morgan fingerprint density at radius 2 is 2.00 bits per heavy atom. The number of carbonyl (C=O) groups excluding carboxylic acids is 2. The van der Waals surface area contributed by atoms with E-state index < -0.39 is 5.82 Å². The van der Waals surface area contributed by atoms with Crippen LogP contribution in [0.2, 0.25) is 0 Å². The predicted molar refractivity (Wildman–Crippen MR) is 142 cm³/mol. The van der Waals surface area contributed by atoms with Crippen molar-refractivity contribution in [3.05, 3.63) is 81.8 Å². The molecule has 0 spiro atoms. The summed E-state index contributed by atoms with van der Waals surface area (Å²) in [6.45, 7) is 1.60. The first-order chi connectivity index (χ1) is 18.5. The van der Waals surface area contributed by atoms with Crippen molar-refractivity contribution in [2.24, 2.45) is 0 Å². The van der Waals surface area contributed by atoms with Gasteiger partial charge in [0.25, 0.3) is 5.91 Å². The molecule has 2 aromatic carbocycles. The molecule has 0 unspecified atom stereocenters. The molecule has 2 amide bonds. The molecule has 200 valence electrons. The van der Waals surface area contributed by atoms with Gasteiger partial charge in [0, 0.05) is 36.2 Å². The third-order valence-electron chi connectivity index (χ3n) is 7.00. The number of rotatable bonds is 9. The van der Waals surface area contributed by atoms with Crippen molar-refractivity contribution >= 4 is 23.2 Å². The van der Waals surface area contributed by atoms with E-state index in [1.54, 1.807) is 29.4 Å². The van der Waals surface area contributed by atoms with Crippen LogP contribution in [0.4, 0.5) is 4.39 Å². The van der Waals surface area contributed by atoms with Gasteiger partial charge in [0.15, 0.2) is 0 Å². The average Bonchev–Trinajstić information content (AvgIpc) is 3.63. The van der Waals surface area contributed by atoms with Crippen LogP contribution in [0.25, 0.3) is 0 Å². The van der Waals surface area contributed by atoms with E-state index >= 15 is 0 Å². The maximum absolute atomic E-state index is 13.9. The molecule has 1 fully saturated rings. The topological polar surface area (TPSA) is 68.3 Å². The molecular formula is C29H31FN2O5S. The zero-order chi connectivity index (χ0) is 26.5. The highest BCUT2D eigenvalue weighted by Crippen LogP contribution is 2.34. The van der Waals surface area contributed by atoms with Crippen molar-refractivity contribution in [1.29, 1.82) is 0 Å². The van der Waals surface area contributed by atoms with Crippen LogP contribution in [0.1, 0.15) is 39.7 Å². The number of carbonyl (C=O) groups is 2. The van der Waals surface area contributed by atoms with Gasteiger partial charge in [-0.2, -0.15) is 0 Å². The lowest BCUT2D eigenvalue weighted by Gasteiger charge is -2.37. The van der Waals surface area contributed by atoms with Gasteiger partial charge in [0.1, 0.15) is 30.5 Å². The second-order valence-electron chi connectivity index (χ2n) is 9.47.